The number of aliphatic hydroxyl groups excluding tert-OH is 2. The van der Waals surface area contributed by atoms with Crippen LogP contribution < -0.4 is 0 Å². The summed E-state index contributed by atoms with van der Waals surface area (Å²) < 4.78 is 9.86. The largest absolute Gasteiger partial charge is 0.400 e. The van der Waals surface area contributed by atoms with Gasteiger partial charge in [-0.3, -0.25) is 0 Å². The second-order valence-corrected chi connectivity index (χ2v) is 2.28. The molecule has 1 rings (SSSR count). The first-order chi connectivity index (χ1) is 4.60. The van der Waals surface area contributed by atoms with Crippen LogP contribution in [0, 0.1) is 0 Å². The van der Waals surface area contributed by atoms with Gasteiger partial charge in [0.2, 0.25) is 0 Å². The fraction of sp³-hybridized carbons (Fsp3) is 1.00. The van der Waals surface area contributed by atoms with Crippen molar-refractivity contribution in [3.63, 3.8) is 0 Å². The van der Waals surface area contributed by atoms with Crippen molar-refractivity contribution in [2.45, 2.75) is 25.9 Å². The summed E-state index contributed by atoms with van der Waals surface area (Å²) in [4.78, 5) is 0. The lowest BCUT2D eigenvalue weighted by atomic mass is 10.4. The van der Waals surface area contributed by atoms with Crippen molar-refractivity contribution >= 4 is 0 Å². The molecular weight excluding hydrogens is 136 g/mol. The van der Waals surface area contributed by atoms with Crippen molar-refractivity contribution in [1.82, 2.24) is 0 Å². The zero-order chi connectivity index (χ0) is 8.20. The van der Waals surface area contributed by atoms with Gasteiger partial charge >= 0.3 is 0 Å². The fourth-order valence-corrected chi connectivity index (χ4v) is 0.668. The van der Waals surface area contributed by atoms with Crippen LogP contribution in [0.25, 0.3) is 0 Å². The molecule has 0 aliphatic carbocycles. The highest BCUT2D eigenvalue weighted by atomic mass is 16.8. The summed E-state index contributed by atoms with van der Waals surface area (Å²) in [7, 11) is 1.00. The molecule has 1 atom stereocenters. The minimum Gasteiger partial charge on any atom is -0.400 e. The Balaban J connectivity index is 0.000000371. The van der Waals surface area contributed by atoms with E-state index in [0.29, 0.717) is 0 Å². The third-order valence-electron chi connectivity index (χ3n) is 0.993. The Kier molecular flexibility index (Phi) is 3.81. The van der Waals surface area contributed by atoms with Gasteiger partial charge in [-0.1, -0.05) is 0 Å². The van der Waals surface area contributed by atoms with Gasteiger partial charge in [0.25, 0.3) is 0 Å². The van der Waals surface area contributed by atoms with E-state index in [1.54, 1.807) is 13.8 Å². The number of ether oxygens (including phenoxy) is 2. The van der Waals surface area contributed by atoms with Crippen LogP contribution >= 0.6 is 0 Å². The maximum atomic E-state index is 8.72. The Morgan fingerprint density at radius 3 is 2.00 bits per heavy atom. The second kappa shape index (κ2) is 3.88. The second-order valence-electron chi connectivity index (χ2n) is 2.28. The van der Waals surface area contributed by atoms with E-state index in [-0.39, 0.29) is 6.61 Å². The number of aliphatic hydroxyl groups is 2. The molecule has 1 aliphatic rings. The van der Waals surface area contributed by atoms with Gasteiger partial charge in [0.05, 0.1) is 0 Å². The summed E-state index contributed by atoms with van der Waals surface area (Å²) >= 11 is 0. The molecule has 0 saturated carbocycles. The van der Waals surface area contributed by atoms with E-state index in [9.17, 15) is 0 Å². The lowest BCUT2D eigenvalue weighted by molar-refractivity contribution is -0.173. The molecule has 1 aliphatic heterocycles. The Morgan fingerprint density at radius 2 is 1.90 bits per heavy atom. The molecule has 0 aromatic heterocycles. The van der Waals surface area contributed by atoms with Gasteiger partial charge in [0.1, 0.15) is 6.61 Å². The van der Waals surface area contributed by atoms with Gasteiger partial charge < -0.3 is 19.7 Å². The van der Waals surface area contributed by atoms with E-state index in [1.807, 2.05) is 0 Å². The molecule has 0 aromatic rings. The van der Waals surface area contributed by atoms with Crippen molar-refractivity contribution in [1.29, 1.82) is 0 Å². The maximum absolute atomic E-state index is 8.72. The topological polar surface area (TPSA) is 58.9 Å². The van der Waals surface area contributed by atoms with Crippen LogP contribution in [0.1, 0.15) is 13.8 Å². The molecule has 4 heteroatoms. The van der Waals surface area contributed by atoms with Gasteiger partial charge in [-0.2, -0.15) is 0 Å². The van der Waals surface area contributed by atoms with Crippen molar-refractivity contribution in [3.8, 4) is 0 Å². The fourth-order valence-electron chi connectivity index (χ4n) is 0.668. The third-order valence-corrected chi connectivity index (χ3v) is 0.993. The molecule has 4 nitrogen and oxygen atoms in total. The lowest BCUT2D eigenvalue weighted by Gasteiger charge is -2.14. The van der Waals surface area contributed by atoms with Gasteiger partial charge in [-0.25, -0.2) is 0 Å². The van der Waals surface area contributed by atoms with Crippen LogP contribution in [-0.4, -0.2) is 36.0 Å². The van der Waals surface area contributed by atoms with Crippen molar-refractivity contribution in [2.24, 2.45) is 0 Å². The summed E-state index contributed by atoms with van der Waals surface area (Å²) in [6.07, 6.45) is -0.731. The van der Waals surface area contributed by atoms with Crippen LogP contribution in [0.3, 0.4) is 0 Å². The lowest BCUT2D eigenvalue weighted by Crippen LogP contribution is -2.21. The quantitative estimate of drug-likeness (QED) is 0.497. The van der Waals surface area contributed by atoms with Gasteiger partial charge in [0.15, 0.2) is 12.1 Å². The summed E-state index contributed by atoms with van der Waals surface area (Å²) in [5.74, 6) is -0.584. The average Bonchev–Trinajstić information content (AvgIpc) is 2.15. The minimum absolute atomic E-state index is 0.285. The molecule has 0 amide bonds. The number of hydrogen-bond donors (Lipinski definition) is 2. The van der Waals surface area contributed by atoms with Gasteiger partial charge in [-0.15, -0.1) is 0 Å². The highest BCUT2D eigenvalue weighted by molar-refractivity contribution is 4.61. The smallest absolute Gasteiger partial charge is 0.181 e. The molecule has 10 heavy (non-hydrogen) atoms. The van der Waals surface area contributed by atoms with E-state index in [0.717, 1.165) is 7.11 Å². The molecular formula is C6H14O4. The minimum atomic E-state index is -0.731. The van der Waals surface area contributed by atoms with E-state index in [1.165, 1.54) is 0 Å². The Hall–Kier alpha value is -0.160. The Labute approximate surface area is 60.4 Å². The third kappa shape index (κ3) is 3.12. The summed E-state index contributed by atoms with van der Waals surface area (Å²) in [6, 6.07) is 0. The van der Waals surface area contributed by atoms with Crippen molar-refractivity contribution in [2.75, 3.05) is 13.7 Å². The molecule has 0 spiro atoms. The van der Waals surface area contributed by atoms with Crippen LogP contribution in [0.15, 0.2) is 0 Å². The average molecular weight is 150 g/mol. The van der Waals surface area contributed by atoms with E-state index >= 15 is 0 Å². The molecule has 1 unspecified atom stereocenters. The molecule has 1 heterocycles. The molecule has 0 aromatic carbocycles. The first-order valence-electron chi connectivity index (χ1n) is 3.05. The molecule has 0 bridgehead atoms. The van der Waals surface area contributed by atoms with Crippen LogP contribution in [0.4, 0.5) is 0 Å². The molecule has 0 radical (unpaired) electrons. The highest BCUT2D eigenvalue weighted by Crippen LogP contribution is 2.19. The number of rotatable bonds is 0. The summed E-state index contributed by atoms with van der Waals surface area (Å²) in [5.41, 5.74) is 0. The van der Waals surface area contributed by atoms with Crippen LogP contribution in [0.2, 0.25) is 0 Å². The first kappa shape index (κ1) is 9.84. The molecule has 1 fully saturated rings. The van der Waals surface area contributed by atoms with Crippen molar-refractivity contribution < 1.29 is 19.7 Å². The van der Waals surface area contributed by atoms with Crippen molar-refractivity contribution in [3.05, 3.63) is 0 Å². The monoisotopic (exact) mass is 150 g/mol. The van der Waals surface area contributed by atoms with Gasteiger partial charge in [-0.05, 0) is 13.8 Å². The Morgan fingerprint density at radius 1 is 1.40 bits per heavy atom. The maximum Gasteiger partial charge on any atom is 0.181 e. The Bertz CT molecular complexity index is 91.7. The van der Waals surface area contributed by atoms with Crippen LogP contribution in [-0.2, 0) is 9.47 Å². The van der Waals surface area contributed by atoms with Gasteiger partial charge in [0, 0.05) is 7.11 Å². The first-order valence-corrected chi connectivity index (χ1v) is 3.05. The zero-order valence-electron chi connectivity index (χ0n) is 6.50. The normalized spacial score (nSPS) is 29.1. The standard InChI is InChI=1S/C5H10O3.CH4O/c1-5(2)7-3-4(6)8-5;1-2/h4,6H,3H2,1-2H3;2H,1H3. The highest BCUT2D eigenvalue weighted by Gasteiger charge is 2.30. The molecule has 62 valence electrons. The van der Waals surface area contributed by atoms with E-state index in [2.05, 4.69) is 0 Å². The molecule has 1 saturated heterocycles. The van der Waals surface area contributed by atoms with E-state index < -0.39 is 12.1 Å². The predicted octanol–water partition coefficient (Wildman–Crippen LogP) is -0.304. The summed E-state index contributed by atoms with van der Waals surface area (Å²) in [6.45, 7) is 3.82. The van der Waals surface area contributed by atoms with Crippen LogP contribution in [0.5, 0.6) is 0 Å². The van der Waals surface area contributed by atoms with E-state index in [4.69, 9.17) is 19.7 Å². The summed E-state index contributed by atoms with van der Waals surface area (Å²) in [5, 5.41) is 15.7. The number of hydrogen-bond acceptors (Lipinski definition) is 4. The SMILES string of the molecule is CC1(C)OCC(O)O1.CO. The zero-order valence-corrected chi connectivity index (χ0v) is 6.50. The predicted molar refractivity (Wildman–Crippen MR) is 35.3 cm³/mol. The molecule has 2 N–H and O–H groups in total.